The zero-order valence-corrected chi connectivity index (χ0v) is 10.6. The molecule has 1 saturated heterocycles. The second-order valence-corrected chi connectivity index (χ2v) is 5.36. The second-order valence-electron chi connectivity index (χ2n) is 5.36. The smallest absolute Gasteiger partial charge is 0.188 e. The molecule has 0 bridgehead atoms. The minimum atomic E-state index is -0.166. The maximum Gasteiger partial charge on any atom is 0.188 e. The molecule has 2 aliphatic rings. The summed E-state index contributed by atoms with van der Waals surface area (Å²) >= 11 is 0. The summed E-state index contributed by atoms with van der Waals surface area (Å²) in [5.41, 5.74) is 7.04. The molecule has 6 heteroatoms. The quantitative estimate of drug-likeness (QED) is 0.310. The normalized spacial score (nSPS) is 30.7. The molecule has 1 aliphatic carbocycles. The average molecular weight is 262 g/mol. The van der Waals surface area contributed by atoms with Gasteiger partial charge in [-0.2, -0.15) is 0 Å². The third kappa shape index (κ3) is 2.12. The molecular formula is C13H18N4O2. The first-order valence-electron chi connectivity index (χ1n) is 6.56. The Morgan fingerprint density at radius 3 is 3.00 bits per heavy atom. The van der Waals surface area contributed by atoms with Gasteiger partial charge in [0.2, 0.25) is 0 Å². The second kappa shape index (κ2) is 4.70. The molecule has 3 atom stereocenters. The van der Waals surface area contributed by atoms with Crippen LogP contribution in [-0.2, 0) is 0 Å². The number of pyridine rings is 1. The van der Waals surface area contributed by atoms with Crippen LogP contribution in [0.4, 0.5) is 5.69 Å². The number of aliphatic hydroxyl groups excluding tert-OH is 1. The molecule has 4 N–H and O–H groups in total. The summed E-state index contributed by atoms with van der Waals surface area (Å²) in [5, 5.41) is 21.6. The number of amidine groups is 1. The molecule has 0 aromatic carbocycles. The van der Waals surface area contributed by atoms with E-state index in [-0.39, 0.29) is 11.9 Å². The van der Waals surface area contributed by atoms with Crippen LogP contribution in [0.3, 0.4) is 0 Å². The molecular weight excluding hydrogens is 244 g/mol. The monoisotopic (exact) mass is 262 g/mol. The van der Waals surface area contributed by atoms with Gasteiger partial charge in [-0.05, 0) is 30.9 Å². The van der Waals surface area contributed by atoms with E-state index in [4.69, 9.17) is 10.9 Å². The number of aromatic nitrogens is 1. The highest BCUT2D eigenvalue weighted by atomic mass is 16.4. The molecule has 1 saturated carbocycles. The van der Waals surface area contributed by atoms with Crippen molar-refractivity contribution >= 4 is 11.5 Å². The Labute approximate surface area is 111 Å². The summed E-state index contributed by atoms with van der Waals surface area (Å²) in [4.78, 5) is 6.32. The first-order valence-corrected chi connectivity index (χ1v) is 6.56. The Morgan fingerprint density at radius 1 is 1.42 bits per heavy atom. The molecule has 1 aromatic heterocycles. The van der Waals surface area contributed by atoms with Crippen molar-refractivity contribution in [3.8, 4) is 0 Å². The molecule has 19 heavy (non-hydrogen) atoms. The summed E-state index contributed by atoms with van der Waals surface area (Å²) in [7, 11) is 0. The van der Waals surface area contributed by atoms with Crippen LogP contribution in [0.2, 0.25) is 0 Å². The van der Waals surface area contributed by atoms with Crippen LogP contribution in [0.15, 0.2) is 23.5 Å². The van der Waals surface area contributed by atoms with E-state index in [1.165, 1.54) is 0 Å². The van der Waals surface area contributed by atoms with E-state index in [0.717, 1.165) is 31.6 Å². The molecule has 6 nitrogen and oxygen atoms in total. The zero-order valence-electron chi connectivity index (χ0n) is 10.6. The number of hydrogen-bond acceptors (Lipinski definition) is 5. The summed E-state index contributed by atoms with van der Waals surface area (Å²) in [6.07, 6.45) is 3.52. The van der Waals surface area contributed by atoms with E-state index < -0.39 is 0 Å². The summed E-state index contributed by atoms with van der Waals surface area (Å²) < 4.78 is 0. The topological polar surface area (TPSA) is 95.0 Å². The number of oxime groups is 1. The van der Waals surface area contributed by atoms with E-state index >= 15 is 0 Å². The lowest BCUT2D eigenvalue weighted by Gasteiger charge is -2.20. The van der Waals surface area contributed by atoms with Gasteiger partial charge in [0.15, 0.2) is 5.84 Å². The predicted molar refractivity (Wildman–Crippen MR) is 71.2 cm³/mol. The largest absolute Gasteiger partial charge is 0.409 e. The van der Waals surface area contributed by atoms with Gasteiger partial charge < -0.3 is 20.9 Å². The Kier molecular flexibility index (Phi) is 3.02. The number of nitrogens with zero attached hydrogens (tertiary/aromatic N) is 3. The minimum absolute atomic E-state index is 0.0151. The molecule has 2 fully saturated rings. The first kappa shape index (κ1) is 12.2. The Balaban J connectivity index is 1.81. The van der Waals surface area contributed by atoms with Crippen molar-refractivity contribution < 1.29 is 10.3 Å². The predicted octanol–water partition coefficient (Wildman–Crippen LogP) is 0.383. The molecule has 0 spiro atoms. The summed E-state index contributed by atoms with van der Waals surface area (Å²) in [6.45, 7) is 1.83. The van der Waals surface area contributed by atoms with Crippen molar-refractivity contribution in [1.82, 2.24) is 4.98 Å². The molecule has 2 heterocycles. The molecule has 102 valence electrons. The van der Waals surface area contributed by atoms with E-state index in [0.29, 0.717) is 17.5 Å². The highest BCUT2D eigenvalue weighted by molar-refractivity contribution is 5.95. The number of rotatable bonds is 2. The van der Waals surface area contributed by atoms with Gasteiger partial charge in [-0.25, -0.2) is 0 Å². The van der Waals surface area contributed by atoms with Gasteiger partial charge in [-0.15, -0.1) is 0 Å². The van der Waals surface area contributed by atoms with Crippen LogP contribution in [0.1, 0.15) is 18.5 Å². The van der Waals surface area contributed by atoms with Crippen LogP contribution in [-0.4, -0.2) is 40.3 Å². The minimum Gasteiger partial charge on any atom is -0.409 e. The SMILES string of the molecule is N/C(=N/O)c1cc(N2CC3CCC(O)C3C2)ccn1. The number of anilines is 1. The highest BCUT2D eigenvalue weighted by Crippen LogP contribution is 2.39. The van der Waals surface area contributed by atoms with E-state index in [1.807, 2.05) is 12.1 Å². The fourth-order valence-corrected chi connectivity index (χ4v) is 3.25. The van der Waals surface area contributed by atoms with Crippen LogP contribution in [0.25, 0.3) is 0 Å². The lowest BCUT2D eigenvalue weighted by molar-refractivity contribution is 0.133. The molecule has 1 aromatic rings. The Bertz CT molecular complexity index is 505. The lowest BCUT2D eigenvalue weighted by Crippen LogP contribution is -2.25. The molecule has 3 unspecified atom stereocenters. The number of aliphatic hydroxyl groups is 1. The van der Waals surface area contributed by atoms with Gasteiger partial charge in [0.05, 0.1) is 6.10 Å². The van der Waals surface area contributed by atoms with Crippen molar-refractivity contribution in [2.24, 2.45) is 22.7 Å². The average Bonchev–Trinajstić information content (AvgIpc) is 3.01. The van der Waals surface area contributed by atoms with Crippen molar-refractivity contribution in [2.45, 2.75) is 18.9 Å². The maximum atomic E-state index is 9.93. The van der Waals surface area contributed by atoms with Crippen molar-refractivity contribution in [3.05, 3.63) is 24.0 Å². The van der Waals surface area contributed by atoms with E-state index in [1.54, 1.807) is 6.20 Å². The fraction of sp³-hybridized carbons (Fsp3) is 0.538. The highest BCUT2D eigenvalue weighted by Gasteiger charge is 2.41. The molecule has 0 amide bonds. The van der Waals surface area contributed by atoms with Crippen molar-refractivity contribution in [2.75, 3.05) is 18.0 Å². The molecule has 1 aliphatic heterocycles. The van der Waals surface area contributed by atoms with Crippen molar-refractivity contribution in [1.29, 1.82) is 0 Å². The van der Waals surface area contributed by atoms with Crippen LogP contribution >= 0.6 is 0 Å². The summed E-state index contributed by atoms with van der Waals surface area (Å²) in [6, 6.07) is 3.74. The van der Waals surface area contributed by atoms with Gasteiger partial charge in [-0.3, -0.25) is 4.98 Å². The lowest BCUT2D eigenvalue weighted by atomic mass is 10.00. The Hall–Kier alpha value is -1.82. The van der Waals surface area contributed by atoms with E-state index in [9.17, 15) is 5.11 Å². The molecule has 0 radical (unpaired) electrons. The molecule has 3 rings (SSSR count). The van der Waals surface area contributed by atoms with Crippen LogP contribution in [0, 0.1) is 11.8 Å². The van der Waals surface area contributed by atoms with Gasteiger partial charge >= 0.3 is 0 Å². The van der Waals surface area contributed by atoms with Gasteiger partial charge in [0.1, 0.15) is 5.69 Å². The van der Waals surface area contributed by atoms with Crippen LogP contribution < -0.4 is 10.6 Å². The summed E-state index contributed by atoms with van der Waals surface area (Å²) in [5.74, 6) is 0.970. The fourth-order valence-electron chi connectivity index (χ4n) is 3.25. The Morgan fingerprint density at radius 2 is 2.26 bits per heavy atom. The standard InChI is InChI=1S/C13H18N4O2/c14-13(16-19)11-5-9(3-4-15-11)17-6-8-1-2-12(18)10(8)7-17/h3-5,8,10,12,18-19H,1-2,6-7H2,(H2,14,16). The number of hydrogen-bond donors (Lipinski definition) is 3. The van der Waals surface area contributed by atoms with Gasteiger partial charge in [-0.1, -0.05) is 5.16 Å². The van der Waals surface area contributed by atoms with E-state index in [2.05, 4.69) is 15.0 Å². The number of fused-ring (bicyclic) bond motifs is 1. The third-order valence-corrected chi connectivity index (χ3v) is 4.30. The maximum absolute atomic E-state index is 9.93. The number of nitrogens with two attached hydrogens (primary N) is 1. The van der Waals surface area contributed by atoms with Gasteiger partial charge in [0.25, 0.3) is 0 Å². The first-order chi connectivity index (χ1) is 9.19. The van der Waals surface area contributed by atoms with Crippen molar-refractivity contribution in [3.63, 3.8) is 0 Å². The zero-order chi connectivity index (χ0) is 13.4. The van der Waals surface area contributed by atoms with Crippen LogP contribution in [0.5, 0.6) is 0 Å². The third-order valence-electron chi connectivity index (χ3n) is 4.30. The van der Waals surface area contributed by atoms with Gasteiger partial charge in [0, 0.05) is 30.9 Å².